The molecule has 0 atom stereocenters. The second-order valence-electron chi connectivity index (χ2n) is 1.34. The van der Waals surface area contributed by atoms with E-state index in [1.807, 2.05) is 0 Å². The van der Waals surface area contributed by atoms with Crippen LogP contribution in [-0.4, -0.2) is 22.5 Å². The van der Waals surface area contributed by atoms with Gasteiger partial charge in [-0.3, -0.25) is 4.55 Å². The maximum absolute atomic E-state index is 8.63. The van der Waals surface area contributed by atoms with Gasteiger partial charge in [-0.25, -0.2) is 8.42 Å². The smallest absolute Gasteiger partial charge is 0.523 e. The minimum absolute atomic E-state index is 0.403. The summed E-state index contributed by atoms with van der Waals surface area (Å²) in [5.74, 6) is 0. The average Bonchev–Trinajstić information content (AvgIpc) is 2.33. The van der Waals surface area contributed by atoms with Crippen molar-refractivity contribution in [2.45, 2.75) is 0 Å². The van der Waals surface area contributed by atoms with Crippen LogP contribution in [0.2, 0.25) is 0 Å². The largest absolute Gasteiger partial charge is 0.726 e. The second kappa shape index (κ2) is 4.73. The molecule has 0 aliphatic heterocycles. The average molecular weight is 209 g/mol. The van der Waals surface area contributed by atoms with Crippen LogP contribution in [0.25, 0.3) is 4.98 Å². The fourth-order valence-corrected chi connectivity index (χ4v) is 0.678. The van der Waals surface area contributed by atoms with Crippen LogP contribution >= 0.6 is 11.3 Å². The van der Waals surface area contributed by atoms with Gasteiger partial charge in [0.15, 0.2) is 6.20 Å². The molecule has 0 bridgehead atoms. The maximum atomic E-state index is 8.63. The van der Waals surface area contributed by atoms with Gasteiger partial charge in [0, 0.05) is 10.4 Å². The van der Waals surface area contributed by atoms with Gasteiger partial charge >= 0.3 is 5.13 Å². The van der Waals surface area contributed by atoms with Gasteiger partial charge in [0.2, 0.25) is 10.4 Å². The molecular formula is C3H3N3O4S2. The van der Waals surface area contributed by atoms with E-state index in [0.29, 0.717) is 5.13 Å². The van der Waals surface area contributed by atoms with Gasteiger partial charge in [0.25, 0.3) is 0 Å². The first-order valence-corrected chi connectivity index (χ1v) is 4.61. The Bertz CT molecular complexity index is 341. The van der Waals surface area contributed by atoms with Gasteiger partial charge in [-0.05, 0) is 16.3 Å². The highest BCUT2D eigenvalue weighted by molar-refractivity contribution is 7.79. The number of thiazole rings is 1. The SMILES string of the molecule is N#[N+]c1nccs1.O=S(=O)([O-])O. The Morgan fingerprint density at radius 3 is 2.42 bits per heavy atom. The molecule has 0 radical (unpaired) electrons. The summed E-state index contributed by atoms with van der Waals surface area (Å²) in [4.78, 5) is 6.47. The fraction of sp³-hybridized carbons (Fsp3) is 0. The van der Waals surface area contributed by atoms with Crippen LogP contribution in [0.15, 0.2) is 11.6 Å². The lowest BCUT2D eigenvalue weighted by molar-refractivity contribution is 0.366. The van der Waals surface area contributed by atoms with Crippen LogP contribution in [-0.2, 0) is 10.4 Å². The zero-order valence-electron chi connectivity index (χ0n) is 5.48. The molecule has 0 amide bonds. The van der Waals surface area contributed by atoms with Crippen LogP contribution in [0.3, 0.4) is 0 Å². The summed E-state index contributed by atoms with van der Waals surface area (Å²) < 4.78 is 32.8. The minimum Gasteiger partial charge on any atom is -0.726 e. The van der Waals surface area contributed by atoms with Crippen molar-refractivity contribution in [3.05, 3.63) is 16.6 Å². The Balaban J connectivity index is 0.000000217. The third kappa shape index (κ3) is 8.92. The number of aromatic nitrogens is 1. The Labute approximate surface area is 71.9 Å². The molecule has 1 heterocycles. The molecule has 66 valence electrons. The highest BCUT2D eigenvalue weighted by atomic mass is 32.3. The van der Waals surface area contributed by atoms with Crippen LogP contribution in [0.1, 0.15) is 0 Å². The predicted molar refractivity (Wildman–Crippen MR) is 39.2 cm³/mol. The molecule has 0 unspecified atom stereocenters. The first-order chi connectivity index (χ1) is 5.43. The van der Waals surface area contributed by atoms with Gasteiger partial charge in [-0.1, -0.05) is 0 Å². The van der Waals surface area contributed by atoms with Crippen molar-refractivity contribution in [1.82, 2.24) is 4.98 Å². The molecule has 0 saturated carbocycles. The topological polar surface area (TPSA) is 118 Å². The highest BCUT2D eigenvalue weighted by Crippen LogP contribution is 2.12. The van der Waals surface area contributed by atoms with E-state index >= 15 is 0 Å². The second-order valence-corrected chi connectivity index (χ2v) is 3.07. The number of diazo groups is 1. The van der Waals surface area contributed by atoms with Gasteiger partial charge in [0.05, 0.1) is 5.39 Å². The molecule has 0 spiro atoms. The summed E-state index contributed by atoms with van der Waals surface area (Å²) in [6.07, 6.45) is 1.58. The van der Waals surface area contributed by atoms with Crippen molar-refractivity contribution in [2.75, 3.05) is 0 Å². The first kappa shape index (κ1) is 10.9. The highest BCUT2D eigenvalue weighted by Gasteiger charge is 2.01. The monoisotopic (exact) mass is 209 g/mol. The van der Waals surface area contributed by atoms with Gasteiger partial charge < -0.3 is 4.55 Å². The summed E-state index contributed by atoms with van der Waals surface area (Å²) in [6.45, 7) is 0. The fourth-order valence-electron chi connectivity index (χ4n) is 0.265. The molecule has 1 rings (SSSR count). The van der Waals surface area contributed by atoms with E-state index in [1.54, 1.807) is 11.6 Å². The quantitative estimate of drug-likeness (QED) is 0.380. The summed E-state index contributed by atoms with van der Waals surface area (Å²) in [5, 5.41) is 10.1. The molecular weight excluding hydrogens is 206 g/mol. The van der Waals surface area contributed by atoms with Crippen LogP contribution in [0.4, 0.5) is 5.13 Å². The normalized spacial score (nSPS) is 9.42. The molecule has 1 N–H and O–H groups in total. The molecule has 1 aromatic rings. The minimum atomic E-state index is -4.92. The number of hydrogen-bond acceptors (Lipinski definition) is 6. The molecule has 0 fully saturated rings. The summed E-state index contributed by atoms with van der Waals surface area (Å²) >= 11 is 1.30. The van der Waals surface area contributed by atoms with Crippen molar-refractivity contribution in [3.8, 4) is 0 Å². The molecule has 9 heteroatoms. The number of rotatable bonds is 0. The van der Waals surface area contributed by atoms with Crippen molar-refractivity contribution < 1.29 is 17.5 Å². The summed E-state index contributed by atoms with van der Waals surface area (Å²) in [6, 6.07) is 0. The van der Waals surface area contributed by atoms with E-state index in [-0.39, 0.29) is 0 Å². The standard InChI is InChI=1S/C3H2N3S.H2O4S/c4-6-3-5-1-2-7-3;1-5(2,3)4/h1-2H;(H2,1,2,3,4)/q+1;/p-1. The van der Waals surface area contributed by atoms with Crippen molar-refractivity contribution in [2.24, 2.45) is 0 Å². The Kier molecular flexibility index (Phi) is 4.30. The molecule has 1 aromatic heterocycles. The lowest BCUT2D eigenvalue weighted by Gasteiger charge is -1.88. The third-order valence-corrected chi connectivity index (χ3v) is 1.16. The third-order valence-electron chi connectivity index (χ3n) is 0.505. The van der Waals surface area contributed by atoms with E-state index in [0.717, 1.165) is 0 Å². The molecule has 0 aliphatic rings. The van der Waals surface area contributed by atoms with E-state index in [9.17, 15) is 0 Å². The lowest BCUT2D eigenvalue weighted by atomic mass is 11.0. The van der Waals surface area contributed by atoms with Gasteiger partial charge in [-0.15, -0.1) is 0 Å². The van der Waals surface area contributed by atoms with Crippen molar-refractivity contribution in [3.63, 3.8) is 0 Å². The predicted octanol–water partition coefficient (Wildman–Crippen LogP) is 0.632. The number of hydrogen-bond donors (Lipinski definition) is 1. The molecule has 0 aliphatic carbocycles. The summed E-state index contributed by atoms with van der Waals surface area (Å²) in [7, 11) is -4.92. The molecule has 7 nitrogen and oxygen atoms in total. The van der Waals surface area contributed by atoms with Crippen LogP contribution in [0, 0.1) is 5.39 Å². The van der Waals surface area contributed by atoms with E-state index in [1.165, 1.54) is 11.3 Å². The molecule has 12 heavy (non-hydrogen) atoms. The lowest BCUT2D eigenvalue weighted by Crippen LogP contribution is -1.90. The van der Waals surface area contributed by atoms with Gasteiger partial charge in [0.1, 0.15) is 0 Å². The van der Waals surface area contributed by atoms with Crippen LogP contribution < -0.4 is 0 Å². The van der Waals surface area contributed by atoms with Crippen LogP contribution in [0.5, 0.6) is 0 Å². The Hall–Kier alpha value is -1.08. The van der Waals surface area contributed by atoms with Gasteiger partial charge in [-0.2, -0.15) is 0 Å². The van der Waals surface area contributed by atoms with Crippen molar-refractivity contribution in [1.29, 1.82) is 5.39 Å². The zero-order chi connectivity index (χ0) is 9.61. The van der Waals surface area contributed by atoms with E-state index in [4.69, 9.17) is 22.9 Å². The number of nitrogens with zero attached hydrogens (tertiary/aromatic N) is 3. The molecule has 0 aromatic carbocycles. The van der Waals surface area contributed by atoms with E-state index < -0.39 is 10.4 Å². The Morgan fingerprint density at radius 1 is 1.75 bits per heavy atom. The summed E-state index contributed by atoms with van der Waals surface area (Å²) in [5.41, 5.74) is 0. The molecule has 0 saturated heterocycles. The maximum Gasteiger partial charge on any atom is 0.523 e. The Morgan fingerprint density at radius 2 is 2.25 bits per heavy atom. The van der Waals surface area contributed by atoms with Crippen molar-refractivity contribution >= 4 is 26.9 Å². The zero-order valence-corrected chi connectivity index (χ0v) is 7.12. The van der Waals surface area contributed by atoms with E-state index in [2.05, 4.69) is 9.96 Å². The first-order valence-electron chi connectivity index (χ1n) is 2.36.